The number of aliphatic hydroxyl groups excluding tert-OH is 1. The molecule has 2 aromatic rings. The van der Waals surface area contributed by atoms with Crippen LogP contribution >= 0.6 is 0 Å². The quantitative estimate of drug-likeness (QED) is 0.903. The number of aliphatic hydroxyl groups is 1. The van der Waals surface area contributed by atoms with E-state index in [9.17, 15) is 9.50 Å². The van der Waals surface area contributed by atoms with Crippen LogP contribution in [0.1, 0.15) is 24.2 Å². The molecule has 0 radical (unpaired) electrons. The number of rotatable bonds is 4. The molecular weight excluding hydrogens is 233 g/mol. The second-order valence-corrected chi connectivity index (χ2v) is 3.77. The summed E-state index contributed by atoms with van der Waals surface area (Å²) in [6.07, 6.45) is 1.48. The van der Waals surface area contributed by atoms with Crippen LogP contribution in [0.15, 0.2) is 42.7 Å². The Morgan fingerprint density at radius 2 is 2.06 bits per heavy atom. The first-order valence-electron chi connectivity index (χ1n) is 5.73. The van der Waals surface area contributed by atoms with E-state index in [2.05, 4.69) is 4.98 Å². The predicted octanol–water partition coefficient (Wildman–Crippen LogP) is 2.70. The zero-order valence-corrected chi connectivity index (χ0v) is 10.0. The molecule has 0 aliphatic rings. The van der Waals surface area contributed by atoms with E-state index in [4.69, 9.17) is 4.74 Å². The molecule has 0 bridgehead atoms. The molecule has 18 heavy (non-hydrogen) atoms. The first-order chi connectivity index (χ1) is 8.74. The maximum absolute atomic E-state index is 13.6. The summed E-state index contributed by atoms with van der Waals surface area (Å²) in [7, 11) is 0. The summed E-state index contributed by atoms with van der Waals surface area (Å²) < 4.78 is 19.0. The van der Waals surface area contributed by atoms with Gasteiger partial charge in [-0.3, -0.25) is 4.98 Å². The van der Waals surface area contributed by atoms with Crippen LogP contribution in [0.3, 0.4) is 0 Å². The Kier molecular flexibility index (Phi) is 3.89. The minimum Gasteiger partial charge on any atom is -0.493 e. The lowest BCUT2D eigenvalue weighted by atomic mass is 10.0. The van der Waals surface area contributed by atoms with Crippen LogP contribution < -0.4 is 4.74 Å². The van der Waals surface area contributed by atoms with E-state index in [-0.39, 0.29) is 5.56 Å². The van der Waals surface area contributed by atoms with Crippen LogP contribution in [0.2, 0.25) is 0 Å². The van der Waals surface area contributed by atoms with Crippen LogP contribution in [-0.4, -0.2) is 16.7 Å². The van der Waals surface area contributed by atoms with Crippen molar-refractivity contribution in [1.82, 2.24) is 4.98 Å². The molecule has 0 saturated carbocycles. The number of halogens is 1. The Hall–Kier alpha value is -1.94. The van der Waals surface area contributed by atoms with Crippen molar-refractivity contribution in [3.05, 3.63) is 59.7 Å². The molecule has 4 heteroatoms. The third-order valence-electron chi connectivity index (χ3n) is 2.61. The van der Waals surface area contributed by atoms with Crippen molar-refractivity contribution >= 4 is 0 Å². The second kappa shape index (κ2) is 5.60. The molecule has 1 unspecified atom stereocenters. The van der Waals surface area contributed by atoms with Crippen molar-refractivity contribution in [3.8, 4) is 5.75 Å². The molecule has 0 spiro atoms. The molecule has 94 valence electrons. The van der Waals surface area contributed by atoms with E-state index in [1.54, 1.807) is 18.2 Å². The van der Waals surface area contributed by atoms with Crippen LogP contribution in [-0.2, 0) is 0 Å². The van der Waals surface area contributed by atoms with E-state index < -0.39 is 11.9 Å². The van der Waals surface area contributed by atoms with E-state index in [0.717, 1.165) is 6.20 Å². The number of pyridine rings is 1. The molecule has 0 saturated heterocycles. The fraction of sp³-hybridized carbons (Fsp3) is 0.214. The van der Waals surface area contributed by atoms with Gasteiger partial charge in [0.05, 0.1) is 12.8 Å². The monoisotopic (exact) mass is 247 g/mol. The molecule has 0 aliphatic carbocycles. The summed E-state index contributed by atoms with van der Waals surface area (Å²) in [5.41, 5.74) is 0.738. The number of hydrogen-bond donors (Lipinski definition) is 1. The van der Waals surface area contributed by atoms with Gasteiger partial charge >= 0.3 is 0 Å². The smallest absolute Gasteiger partial charge is 0.147 e. The fourth-order valence-electron chi connectivity index (χ4n) is 1.77. The maximum Gasteiger partial charge on any atom is 0.147 e. The average Bonchev–Trinajstić information content (AvgIpc) is 2.40. The van der Waals surface area contributed by atoms with Crippen molar-refractivity contribution in [2.75, 3.05) is 6.61 Å². The van der Waals surface area contributed by atoms with Crippen LogP contribution in [0.4, 0.5) is 4.39 Å². The zero-order valence-electron chi connectivity index (χ0n) is 10.0. The topological polar surface area (TPSA) is 42.4 Å². The van der Waals surface area contributed by atoms with Gasteiger partial charge in [-0.1, -0.05) is 18.2 Å². The van der Waals surface area contributed by atoms with Gasteiger partial charge in [-0.2, -0.15) is 0 Å². The maximum atomic E-state index is 13.6. The van der Waals surface area contributed by atoms with Crippen molar-refractivity contribution in [2.24, 2.45) is 0 Å². The van der Waals surface area contributed by atoms with Crippen molar-refractivity contribution in [1.29, 1.82) is 0 Å². The Bertz CT molecular complexity index is 531. The first-order valence-corrected chi connectivity index (χ1v) is 5.73. The lowest BCUT2D eigenvalue weighted by Gasteiger charge is -2.16. The number of para-hydroxylation sites is 1. The number of benzene rings is 1. The highest BCUT2D eigenvalue weighted by atomic mass is 19.1. The summed E-state index contributed by atoms with van der Waals surface area (Å²) in [6, 6.07) is 8.52. The lowest BCUT2D eigenvalue weighted by Crippen LogP contribution is -2.06. The van der Waals surface area contributed by atoms with E-state index >= 15 is 0 Å². The minimum absolute atomic E-state index is 0.192. The third-order valence-corrected chi connectivity index (χ3v) is 2.61. The summed E-state index contributed by atoms with van der Waals surface area (Å²) in [5.74, 6) is 0.0278. The van der Waals surface area contributed by atoms with Crippen LogP contribution in [0.5, 0.6) is 5.75 Å². The minimum atomic E-state index is -1.06. The highest BCUT2D eigenvalue weighted by Gasteiger charge is 2.18. The molecule has 1 aromatic heterocycles. The largest absolute Gasteiger partial charge is 0.493 e. The number of ether oxygens (including phenoxy) is 1. The molecule has 1 heterocycles. The fourth-order valence-corrected chi connectivity index (χ4v) is 1.77. The van der Waals surface area contributed by atoms with Gasteiger partial charge in [0, 0.05) is 17.3 Å². The molecular formula is C14H14FNO2. The Balaban J connectivity index is 2.40. The van der Waals surface area contributed by atoms with Gasteiger partial charge in [0.1, 0.15) is 17.7 Å². The SMILES string of the molecule is CCOc1ccccc1C(O)c1ccncc1F. The standard InChI is InChI=1S/C14H14FNO2/c1-2-18-13-6-4-3-5-11(13)14(17)10-7-8-16-9-12(10)15/h3-9,14,17H,2H2,1H3. The van der Waals surface area contributed by atoms with Crippen molar-refractivity contribution in [3.63, 3.8) is 0 Å². The molecule has 2 rings (SSSR count). The Labute approximate surface area is 105 Å². The van der Waals surface area contributed by atoms with Crippen LogP contribution in [0.25, 0.3) is 0 Å². The Morgan fingerprint density at radius 3 is 2.78 bits per heavy atom. The highest BCUT2D eigenvalue weighted by Crippen LogP contribution is 2.30. The summed E-state index contributed by atoms with van der Waals surface area (Å²) in [6.45, 7) is 2.35. The summed E-state index contributed by atoms with van der Waals surface area (Å²) in [5, 5.41) is 10.2. The van der Waals surface area contributed by atoms with Crippen molar-refractivity contribution in [2.45, 2.75) is 13.0 Å². The van der Waals surface area contributed by atoms with E-state index in [1.807, 2.05) is 13.0 Å². The highest BCUT2D eigenvalue weighted by molar-refractivity contribution is 5.40. The predicted molar refractivity (Wildman–Crippen MR) is 65.9 cm³/mol. The van der Waals surface area contributed by atoms with E-state index in [0.29, 0.717) is 17.9 Å². The van der Waals surface area contributed by atoms with Gasteiger partial charge < -0.3 is 9.84 Å². The van der Waals surface area contributed by atoms with Gasteiger partial charge in [-0.15, -0.1) is 0 Å². The molecule has 3 nitrogen and oxygen atoms in total. The molecule has 1 atom stereocenters. The van der Waals surface area contributed by atoms with Crippen LogP contribution in [0, 0.1) is 5.82 Å². The van der Waals surface area contributed by atoms with E-state index in [1.165, 1.54) is 12.3 Å². The van der Waals surface area contributed by atoms with Gasteiger partial charge in [-0.25, -0.2) is 4.39 Å². The van der Waals surface area contributed by atoms with Gasteiger partial charge in [0.15, 0.2) is 0 Å². The summed E-state index contributed by atoms with van der Waals surface area (Å²) >= 11 is 0. The number of hydrogen-bond acceptors (Lipinski definition) is 3. The molecule has 1 aromatic carbocycles. The summed E-state index contributed by atoms with van der Waals surface area (Å²) in [4.78, 5) is 3.66. The Morgan fingerprint density at radius 1 is 1.28 bits per heavy atom. The average molecular weight is 247 g/mol. The third kappa shape index (κ3) is 2.49. The first kappa shape index (κ1) is 12.5. The molecule has 0 amide bonds. The zero-order chi connectivity index (χ0) is 13.0. The van der Waals surface area contributed by atoms with Crippen molar-refractivity contribution < 1.29 is 14.2 Å². The molecule has 0 aliphatic heterocycles. The number of nitrogens with zero attached hydrogens (tertiary/aromatic N) is 1. The lowest BCUT2D eigenvalue weighted by molar-refractivity contribution is 0.207. The molecule has 0 fully saturated rings. The normalized spacial score (nSPS) is 12.2. The van der Waals surface area contributed by atoms with Gasteiger partial charge in [0.25, 0.3) is 0 Å². The van der Waals surface area contributed by atoms with Gasteiger partial charge in [0.2, 0.25) is 0 Å². The van der Waals surface area contributed by atoms with Gasteiger partial charge in [-0.05, 0) is 19.1 Å². The number of aromatic nitrogens is 1. The molecule has 1 N–H and O–H groups in total. The second-order valence-electron chi connectivity index (χ2n) is 3.77.